The molecule has 0 bridgehead atoms. The Labute approximate surface area is 134 Å². The van der Waals surface area contributed by atoms with Crippen molar-refractivity contribution >= 4 is 27.9 Å². The minimum absolute atomic E-state index is 0.103. The van der Waals surface area contributed by atoms with E-state index in [0.29, 0.717) is 6.54 Å². The third-order valence-electron chi connectivity index (χ3n) is 4.16. The Kier molecular flexibility index (Phi) is 6.00. The summed E-state index contributed by atoms with van der Waals surface area (Å²) >= 11 is 3.41. The summed E-state index contributed by atoms with van der Waals surface area (Å²) in [4.78, 5) is 11.9. The number of hydrogen-bond acceptors (Lipinski definition) is 2. The lowest BCUT2D eigenvalue weighted by molar-refractivity contribution is -0.117. The van der Waals surface area contributed by atoms with E-state index in [1.807, 2.05) is 24.3 Å². The zero-order chi connectivity index (χ0) is 15.1. The fourth-order valence-electron chi connectivity index (χ4n) is 2.81. The number of aliphatic hydroxyl groups is 1. The van der Waals surface area contributed by atoms with Crippen LogP contribution in [0.15, 0.2) is 34.8 Å². The smallest absolute Gasteiger partial charge is 0.244 e. The molecule has 2 rings (SSSR count). The minimum Gasteiger partial charge on any atom is -0.396 e. The standard InChI is InChI=1S/C17H22BrNO2/c18-15-6-4-5-14(11-15)7-8-16(21)19-12-17(13-20)9-2-1-3-10-17/h4-8,11,20H,1-3,9-10,12-13H2,(H,19,21)/b8-7+. The SMILES string of the molecule is O=C(/C=C/c1cccc(Br)c1)NCC1(CO)CCCCC1. The molecule has 0 saturated heterocycles. The molecule has 0 radical (unpaired) electrons. The summed E-state index contributed by atoms with van der Waals surface area (Å²) in [6, 6.07) is 7.79. The molecule has 1 aromatic carbocycles. The summed E-state index contributed by atoms with van der Waals surface area (Å²) in [6.07, 6.45) is 8.87. The van der Waals surface area contributed by atoms with E-state index in [9.17, 15) is 9.90 Å². The average Bonchev–Trinajstić information content (AvgIpc) is 2.52. The van der Waals surface area contributed by atoms with E-state index in [2.05, 4.69) is 21.2 Å². The number of rotatable bonds is 5. The normalized spacial score (nSPS) is 17.8. The molecule has 1 aliphatic rings. The van der Waals surface area contributed by atoms with Gasteiger partial charge in [0.2, 0.25) is 5.91 Å². The number of hydrogen-bond donors (Lipinski definition) is 2. The van der Waals surface area contributed by atoms with Crippen molar-refractivity contribution in [2.45, 2.75) is 32.1 Å². The third-order valence-corrected chi connectivity index (χ3v) is 4.66. The van der Waals surface area contributed by atoms with Crippen molar-refractivity contribution in [2.24, 2.45) is 5.41 Å². The van der Waals surface area contributed by atoms with Gasteiger partial charge in [0, 0.05) is 22.5 Å². The van der Waals surface area contributed by atoms with Crippen LogP contribution >= 0.6 is 15.9 Å². The zero-order valence-corrected chi connectivity index (χ0v) is 13.7. The Balaban J connectivity index is 1.86. The van der Waals surface area contributed by atoms with Gasteiger partial charge in [0.1, 0.15) is 0 Å². The Morgan fingerprint density at radius 1 is 1.33 bits per heavy atom. The van der Waals surface area contributed by atoms with Gasteiger partial charge in [-0.25, -0.2) is 0 Å². The first-order valence-corrected chi connectivity index (χ1v) is 8.25. The van der Waals surface area contributed by atoms with Gasteiger partial charge in [-0.2, -0.15) is 0 Å². The fraction of sp³-hybridized carbons (Fsp3) is 0.471. The summed E-state index contributed by atoms with van der Waals surface area (Å²) in [5.74, 6) is -0.103. The molecule has 0 unspecified atom stereocenters. The van der Waals surface area contributed by atoms with Crippen LogP contribution in [0.4, 0.5) is 0 Å². The maximum absolute atomic E-state index is 11.9. The highest BCUT2D eigenvalue weighted by Crippen LogP contribution is 2.35. The number of carbonyl (C=O) groups excluding carboxylic acids is 1. The number of nitrogens with one attached hydrogen (secondary N) is 1. The molecule has 0 aliphatic heterocycles. The van der Waals surface area contributed by atoms with E-state index in [1.165, 1.54) is 6.42 Å². The molecule has 4 heteroatoms. The lowest BCUT2D eigenvalue weighted by Crippen LogP contribution is -2.40. The third kappa shape index (κ3) is 4.97. The van der Waals surface area contributed by atoms with Crippen LogP contribution in [0, 0.1) is 5.41 Å². The largest absolute Gasteiger partial charge is 0.396 e. The van der Waals surface area contributed by atoms with E-state index < -0.39 is 0 Å². The Morgan fingerprint density at radius 3 is 2.76 bits per heavy atom. The predicted molar refractivity (Wildman–Crippen MR) is 88.8 cm³/mol. The van der Waals surface area contributed by atoms with E-state index in [1.54, 1.807) is 12.2 Å². The van der Waals surface area contributed by atoms with Gasteiger partial charge in [-0.15, -0.1) is 0 Å². The van der Waals surface area contributed by atoms with Crippen molar-refractivity contribution in [1.29, 1.82) is 0 Å². The number of amides is 1. The first-order chi connectivity index (χ1) is 10.1. The highest BCUT2D eigenvalue weighted by molar-refractivity contribution is 9.10. The second-order valence-corrected chi connectivity index (χ2v) is 6.74. The predicted octanol–water partition coefficient (Wildman–Crippen LogP) is 3.52. The van der Waals surface area contributed by atoms with Gasteiger partial charge in [-0.05, 0) is 36.6 Å². The molecule has 3 nitrogen and oxygen atoms in total. The maximum Gasteiger partial charge on any atom is 0.244 e. The first kappa shape index (κ1) is 16.2. The minimum atomic E-state index is -0.114. The average molecular weight is 352 g/mol. The van der Waals surface area contributed by atoms with Crippen LogP contribution < -0.4 is 5.32 Å². The van der Waals surface area contributed by atoms with Crippen molar-refractivity contribution in [3.63, 3.8) is 0 Å². The number of halogens is 1. The van der Waals surface area contributed by atoms with E-state index >= 15 is 0 Å². The highest BCUT2D eigenvalue weighted by atomic mass is 79.9. The quantitative estimate of drug-likeness (QED) is 0.797. The lowest BCUT2D eigenvalue weighted by atomic mass is 9.74. The van der Waals surface area contributed by atoms with Crippen molar-refractivity contribution in [2.75, 3.05) is 13.2 Å². The van der Waals surface area contributed by atoms with Gasteiger partial charge in [0.15, 0.2) is 0 Å². The lowest BCUT2D eigenvalue weighted by Gasteiger charge is -2.35. The van der Waals surface area contributed by atoms with Crippen LogP contribution in [0.3, 0.4) is 0 Å². The maximum atomic E-state index is 11.9. The van der Waals surface area contributed by atoms with E-state index in [0.717, 1.165) is 35.7 Å². The van der Waals surface area contributed by atoms with Crippen molar-refractivity contribution in [1.82, 2.24) is 5.32 Å². The molecule has 0 aromatic heterocycles. The summed E-state index contributed by atoms with van der Waals surface area (Å²) in [5, 5.41) is 12.5. The van der Waals surface area contributed by atoms with Crippen LogP contribution in [-0.2, 0) is 4.79 Å². The molecule has 0 atom stereocenters. The Bertz CT molecular complexity index is 507. The number of benzene rings is 1. The molecule has 2 N–H and O–H groups in total. The summed E-state index contributed by atoms with van der Waals surface area (Å²) in [7, 11) is 0. The van der Waals surface area contributed by atoms with Crippen LogP contribution in [0.5, 0.6) is 0 Å². The van der Waals surface area contributed by atoms with Crippen molar-refractivity contribution < 1.29 is 9.90 Å². The number of carbonyl (C=O) groups is 1. The molecular formula is C17H22BrNO2. The van der Waals surface area contributed by atoms with Gasteiger partial charge in [0.25, 0.3) is 0 Å². The Hall–Kier alpha value is -1.13. The fourth-order valence-corrected chi connectivity index (χ4v) is 3.23. The van der Waals surface area contributed by atoms with Gasteiger partial charge in [0.05, 0.1) is 6.61 Å². The summed E-state index contributed by atoms with van der Waals surface area (Å²) < 4.78 is 0.992. The second-order valence-electron chi connectivity index (χ2n) is 5.82. The second kappa shape index (κ2) is 7.76. The molecule has 21 heavy (non-hydrogen) atoms. The summed E-state index contributed by atoms with van der Waals surface area (Å²) in [5.41, 5.74) is 0.867. The van der Waals surface area contributed by atoms with Crippen molar-refractivity contribution in [3.05, 3.63) is 40.4 Å². The molecule has 1 aromatic rings. The van der Waals surface area contributed by atoms with Gasteiger partial charge >= 0.3 is 0 Å². The van der Waals surface area contributed by atoms with Crippen LogP contribution in [-0.4, -0.2) is 24.2 Å². The Morgan fingerprint density at radius 2 is 2.10 bits per heavy atom. The number of aliphatic hydroxyl groups excluding tert-OH is 1. The molecule has 1 fully saturated rings. The van der Waals surface area contributed by atoms with E-state index in [4.69, 9.17) is 0 Å². The van der Waals surface area contributed by atoms with Crippen LogP contribution in [0.25, 0.3) is 6.08 Å². The molecule has 1 saturated carbocycles. The molecular weight excluding hydrogens is 330 g/mol. The van der Waals surface area contributed by atoms with Crippen LogP contribution in [0.1, 0.15) is 37.7 Å². The van der Waals surface area contributed by atoms with Crippen LogP contribution in [0.2, 0.25) is 0 Å². The molecule has 1 aliphatic carbocycles. The topological polar surface area (TPSA) is 49.3 Å². The monoisotopic (exact) mass is 351 g/mol. The van der Waals surface area contributed by atoms with Gasteiger partial charge in [-0.3, -0.25) is 4.79 Å². The molecule has 1 amide bonds. The highest BCUT2D eigenvalue weighted by Gasteiger charge is 2.31. The zero-order valence-electron chi connectivity index (χ0n) is 12.1. The van der Waals surface area contributed by atoms with Gasteiger partial charge < -0.3 is 10.4 Å². The molecule has 0 spiro atoms. The van der Waals surface area contributed by atoms with Crippen molar-refractivity contribution in [3.8, 4) is 0 Å². The van der Waals surface area contributed by atoms with Gasteiger partial charge in [-0.1, -0.05) is 47.3 Å². The molecule has 0 heterocycles. The first-order valence-electron chi connectivity index (χ1n) is 7.46. The van der Waals surface area contributed by atoms with E-state index in [-0.39, 0.29) is 17.9 Å². The summed E-state index contributed by atoms with van der Waals surface area (Å²) in [6.45, 7) is 0.716. The molecule has 114 valence electrons.